The Morgan fingerprint density at radius 3 is 2.36 bits per heavy atom. The van der Waals surface area contributed by atoms with Crippen LogP contribution in [0.2, 0.25) is 0 Å². The molecule has 0 aliphatic rings. The van der Waals surface area contributed by atoms with Crippen LogP contribution in [0.25, 0.3) is 15.7 Å². The number of aromatic nitrogens is 1. The van der Waals surface area contributed by atoms with Crippen molar-refractivity contribution < 1.29 is 26.7 Å². The van der Waals surface area contributed by atoms with Gasteiger partial charge in [-0.05, 0) is 30.5 Å². The molecule has 1 aromatic heterocycles. The van der Waals surface area contributed by atoms with E-state index in [-0.39, 0.29) is 29.8 Å². The van der Waals surface area contributed by atoms with Crippen molar-refractivity contribution >= 4 is 26.4 Å². The van der Waals surface area contributed by atoms with Gasteiger partial charge in [-0.2, -0.15) is 13.2 Å². The summed E-state index contributed by atoms with van der Waals surface area (Å²) < 4.78 is 62.4. The number of aromatic amines is 1. The fraction of sp³-hybridized carbons (Fsp3) is 0.438. The number of fused-ring (bicyclic) bond motifs is 1. The lowest BCUT2D eigenvalue weighted by Gasteiger charge is -2.21. The summed E-state index contributed by atoms with van der Waals surface area (Å²) in [4.78, 5) is 5.52. The highest BCUT2D eigenvalue weighted by Crippen LogP contribution is 2.39. The number of rotatable bonds is 4. The number of sulfone groups is 1. The number of hydrogen-bond acceptors (Lipinski definition) is 3. The van der Waals surface area contributed by atoms with Crippen LogP contribution in [0.4, 0.5) is 18.9 Å². The van der Waals surface area contributed by atoms with Gasteiger partial charge in [0.05, 0.1) is 17.9 Å². The minimum atomic E-state index is -4.69. The summed E-state index contributed by atoms with van der Waals surface area (Å²) in [6.45, 7) is 9.61. The first-order valence-corrected chi connectivity index (χ1v) is 8.76. The van der Waals surface area contributed by atoms with Gasteiger partial charge in [0, 0.05) is 17.0 Å². The van der Waals surface area contributed by atoms with Gasteiger partial charge in [0.1, 0.15) is 5.60 Å². The largest absolute Gasteiger partial charge is 0.407 e. The van der Waals surface area contributed by atoms with E-state index in [4.69, 9.17) is 6.57 Å². The van der Waals surface area contributed by atoms with E-state index in [1.54, 1.807) is 0 Å². The number of benzene rings is 1. The van der Waals surface area contributed by atoms with E-state index >= 15 is 0 Å². The Morgan fingerprint density at radius 1 is 1.28 bits per heavy atom. The molecule has 2 N–H and O–H groups in total. The minimum Gasteiger partial charge on any atom is -0.383 e. The molecule has 25 heavy (non-hydrogen) atoms. The highest BCUT2D eigenvalue weighted by atomic mass is 32.2. The molecule has 0 radical (unpaired) electrons. The molecule has 2 rings (SSSR count). The van der Waals surface area contributed by atoms with Gasteiger partial charge in [-0.1, -0.05) is 14.4 Å². The Hall–Kier alpha value is -2.05. The molecule has 0 aliphatic heterocycles. The summed E-state index contributed by atoms with van der Waals surface area (Å²) in [6, 6.07) is 3.21. The molecule has 0 bridgehead atoms. The standard InChI is InChI=1S/C15H15F3N2O3S.CH4/c1-4-24(22,23)8-14(2,21)13-6-9-5-12(19-3)10(15(16,17)18)7-11(9)20-13;/h5-7,20-21H,4,8H2,1-2H3;1H4. The summed E-state index contributed by atoms with van der Waals surface area (Å²) in [5.41, 5.74) is -3.28. The average molecular weight is 376 g/mol. The Kier molecular flexibility index (Phi) is 5.62. The van der Waals surface area contributed by atoms with Crippen molar-refractivity contribution in [3.05, 3.63) is 40.9 Å². The van der Waals surface area contributed by atoms with Crippen LogP contribution in [0.5, 0.6) is 0 Å². The molecule has 0 aliphatic carbocycles. The first kappa shape index (κ1) is 21.0. The van der Waals surface area contributed by atoms with Gasteiger partial charge in [-0.15, -0.1) is 0 Å². The molecule has 138 valence electrons. The summed E-state index contributed by atoms with van der Waals surface area (Å²) in [5.74, 6) is -0.728. The monoisotopic (exact) mass is 376 g/mol. The lowest BCUT2D eigenvalue weighted by molar-refractivity contribution is -0.136. The Bertz CT molecular complexity index is 922. The van der Waals surface area contributed by atoms with E-state index in [2.05, 4.69) is 9.83 Å². The van der Waals surface area contributed by atoms with E-state index in [0.717, 1.165) is 12.1 Å². The van der Waals surface area contributed by atoms with Gasteiger partial charge in [-0.3, -0.25) is 0 Å². The van der Waals surface area contributed by atoms with E-state index < -0.39 is 38.6 Å². The first-order valence-electron chi connectivity index (χ1n) is 6.94. The van der Waals surface area contributed by atoms with Crippen LogP contribution in [-0.2, 0) is 21.6 Å². The third-order valence-electron chi connectivity index (χ3n) is 3.68. The van der Waals surface area contributed by atoms with Gasteiger partial charge in [-0.25, -0.2) is 13.3 Å². The summed E-state index contributed by atoms with van der Waals surface area (Å²) in [6.07, 6.45) is -4.69. The number of H-pyrrole nitrogens is 1. The lowest BCUT2D eigenvalue weighted by Crippen LogP contribution is -2.32. The first-order chi connectivity index (χ1) is 10.9. The van der Waals surface area contributed by atoms with Gasteiger partial charge >= 0.3 is 6.18 Å². The molecule has 0 saturated carbocycles. The van der Waals surface area contributed by atoms with Crippen molar-refractivity contribution in [2.24, 2.45) is 0 Å². The van der Waals surface area contributed by atoms with Crippen molar-refractivity contribution in [2.45, 2.75) is 33.1 Å². The quantitative estimate of drug-likeness (QED) is 0.792. The molecule has 2 aromatic rings. The predicted octanol–water partition coefficient (Wildman–Crippen LogP) is 4.02. The van der Waals surface area contributed by atoms with E-state index in [1.807, 2.05) is 0 Å². The highest BCUT2D eigenvalue weighted by Gasteiger charge is 2.35. The van der Waals surface area contributed by atoms with Crippen LogP contribution in [0, 0.1) is 6.57 Å². The van der Waals surface area contributed by atoms with Gasteiger partial charge < -0.3 is 10.1 Å². The molecule has 0 saturated heterocycles. The zero-order chi connectivity index (χ0) is 18.3. The fourth-order valence-corrected chi connectivity index (χ4v) is 3.60. The molecule has 9 heteroatoms. The number of hydrogen-bond donors (Lipinski definition) is 2. The SMILES string of the molecule is C.[C-]#[N+]c1cc2cc(C(C)(O)CS(=O)(=O)CC)[nH]c2cc1C(F)(F)F. The Balaban J connectivity index is 0.00000312. The number of aliphatic hydroxyl groups is 1. The normalized spacial score (nSPS) is 14.6. The van der Waals surface area contributed by atoms with Crippen molar-refractivity contribution in [1.29, 1.82) is 0 Å². The topological polar surface area (TPSA) is 74.5 Å². The van der Waals surface area contributed by atoms with Crippen LogP contribution in [0.1, 0.15) is 32.5 Å². The molecule has 0 spiro atoms. The van der Waals surface area contributed by atoms with Gasteiger partial charge in [0.2, 0.25) is 0 Å². The zero-order valence-corrected chi connectivity index (χ0v) is 13.7. The van der Waals surface area contributed by atoms with Crippen LogP contribution in [-0.4, -0.2) is 30.0 Å². The third kappa shape index (κ3) is 4.32. The van der Waals surface area contributed by atoms with E-state index in [0.29, 0.717) is 0 Å². The van der Waals surface area contributed by atoms with Crippen LogP contribution in [0.15, 0.2) is 18.2 Å². The van der Waals surface area contributed by atoms with Crippen LogP contribution in [0.3, 0.4) is 0 Å². The molecule has 5 nitrogen and oxygen atoms in total. The molecule has 1 atom stereocenters. The number of nitrogens with one attached hydrogen (secondary N) is 1. The van der Waals surface area contributed by atoms with Crippen molar-refractivity contribution in [3.8, 4) is 0 Å². The lowest BCUT2D eigenvalue weighted by atomic mass is 10.1. The number of nitrogens with zero attached hydrogens (tertiary/aromatic N) is 1. The van der Waals surface area contributed by atoms with Crippen molar-refractivity contribution in [1.82, 2.24) is 4.98 Å². The van der Waals surface area contributed by atoms with Gasteiger partial charge in [0.25, 0.3) is 0 Å². The average Bonchev–Trinajstić information content (AvgIpc) is 2.87. The minimum absolute atomic E-state index is 0. The molecule has 0 amide bonds. The van der Waals surface area contributed by atoms with Crippen molar-refractivity contribution in [2.75, 3.05) is 11.5 Å². The summed E-state index contributed by atoms with van der Waals surface area (Å²) in [5, 5.41) is 10.7. The Labute approximate surface area is 144 Å². The van der Waals surface area contributed by atoms with Gasteiger partial charge in [0.15, 0.2) is 15.5 Å². The second-order valence-electron chi connectivity index (χ2n) is 5.70. The number of halogens is 3. The molecule has 1 unspecified atom stereocenters. The number of alkyl halides is 3. The predicted molar refractivity (Wildman–Crippen MR) is 90.2 cm³/mol. The third-order valence-corrected chi connectivity index (χ3v) is 5.57. The van der Waals surface area contributed by atoms with Crippen molar-refractivity contribution in [3.63, 3.8) is 0 Å². The maximum atomic E-state index is 13.0. The summed E-state index contributed by atoms with van der Waals surface area (Å²) in [7, 11) is -3.51. The fourth-order valence-electron chi connectivity index (χ4n) is 2.39. The van der Waals surface area contributed by atoms with E-state index in [1.165, 1.54) is 19.9 Å². The smallest absolute Gasteiger partial charge is 0.383 e. The second kappa shape index (κ2) is 6.69. The van der Waals surface area contributed by atoms with Crippen LogP contribution >= 0.6 is 0 Å². The molecular weight excluding hydrogens is 357 g/mol. The van der Waals surface area contributed by atoms with E-state index in [9.17, 15) is 26.7 Å². The second-order valence-corrected chi connectivity index (χ2v) is 8.05. The maximum absolute atomic E-state index is 13.0. The molecule has 1 heterocycles. The molecular formula is C16H19F3N2O3S. The Morgan fingerprint density at radius 2 is 1.88 bits per heavy atom. The van der Waals surface area contributed by atoms with Crippen LogP contribution < -0.4 is 0 Å². The molecule has 1 aromatic carbocycles. The summed E-state index contributed by atoms with van der Waals surface area (Å²) >= 11 is 0. The zero-order valence-electron chi connectivity index (χ0n) is 12.9. The highest BCUT2D eigenvalue weighted by molar-refractivity contribution is 7.91. The maximum Gasteiger partial charge on any atom is 0.407 e. The molecule has 0 fully saturated rings.